The second-order valence-electron chi connectivity index (χ2n) is 6.63. The molecular formula is C21H21ClF2N4O2S. The fourth-order valence-corrected chi connectivity index (χ4v) is 3.94. The van der Waals surface area contributed by atoms with Gasteiger partial charge in [0.05, 0.1) is 10.3 Å². The number of hydrogen-bond acceptors (Lipinski definition) is 5. The Morgan fingerprint density at radius 1 is 1.19 bits per heavy atom. The predicted molar refractivity (Wildman–Crippen MR) is 117 cm³/mol. The predicted octanol–water partition coefficient (Wildman–Crippen LogP) is 5.03. The number of carbonyl (C=O) groups excluding carboxylic acids is 1. The number of halogens is 3. The van der Waals surface area contributed by atoms with E-state index in [1.165, 1.54) is 6.07 Å². The third-order valence-electron chi connectivity index (χ3n) is 4.42. The molecule has 0 aliphatic rings. The summed E-state index contributed by atoms with van der Waals surface area (Å²) in [5.41, 5.74) is 0.240. The van der Waals surface area contributed by atoms with Gasteiger partial charge in [0.1, 0.15) is 17.3 Å². The summed E-state index contributed by atoms with van der Waals surface area (Å²) in [5.74, 6) is -1.67. The van der Waals surface area contributed by atoms with Crippen LogP contribution in [-0.2, 0) is 16.1 Å². The quantitative estimate of drug-likeness (QED) is 0.353. The molecule has 6 nitrogen and oxygen atoms in total. The highest BCUT2D eigenvalue weighted by Gasteiger charge is 2.23. The van der Waals surface area contributed by atoms with Crippen LogP contribution in [0.25, 0.3) is 11.4 Å². The first-order chi connectivity index (χ1) is 14.9. The number of anilines is 1. The van der Waals surface area contributed by atoms with Gasteiger partial charge in [0.25, 0.3) is 0 Å². The van der Waals surface area contributed by atoms with Crippen molar-refractivity contribution in [3.8, 4) is 11.4 Å². The van der Waals surface area contributed by atoms with E-state index >= 15 is 0 Å². The van der Waals surface area contributed by atoms with E-state index < -0.39 is 28.5 Å². The maximum atomic E-state index is 13.9. The number of amides is 1. The summed E-state index contributed by atoms with van der Waals surface area (Å²) in [6.45, 7) is 2.70. The first-order valence-electron chi connectivity index (χ1n) is 9.51. The van der Waals surface area contributed by atoms with Crippen molar-refractivity contribution in [3.05, 3.63) is 59.1 Å². The van der Waals surface area contributed by atoms with Crippen LogP contribution in [0, 0.1) is 11.6 Å². The number of methoxy groups -OCH3 is 1. The Kier molecular flexibility index (Phi) is 8.00. The van der Waals surface area contributed by atoms with Crippen molar-refractivity contribution in [2.24, 2.45) is 0 Å². The Morgan fingerprint density at radius 2 is 1.90 bits per heavy atom. The van der Waals surface area contributed by atoms with Crippen LogP contribution in [0.2, 0.25) is 5.02 Å². The standard InChI is InChI=1S/C21H21ClF2N4O2S/c1-13(20(29)25-18-16(23)9-5-10-17(18)24)31-21-27-26-19(28(21)11-6-12-30-2)14-7-3-4-8-15(14)22/h3-5,7-10,13H,6,11-12H2,1-2H3,(H,25,29). The topological polar surface area (TPSA) is 69.0 Å². The second-order valence-corrected chi connectivity index (χ2v) is 8.35. The fraction of sp³-hybridized carbons (Fsp3) is 0.286. The first kappa shape index (κ1) is 23.2. The minimum Gasteiger partial charge on any atom is -0.385 e. The molecule has 10 heteroatoms. The van der Waals surface area contributed by atoms with Crippen molar-refractivity contribution >= 4 is 35.0 Å². The molecule has 0 aliphatic carbocycles. The molecule has 0 bridgehead atoms. The van der Waals surface area contributed by atoms with Gasteiger partial charge in [0.15, 0.2) is 11.0 Å². The van der Waals surface area contributed by atoms with Gasteiger partial charge >= 0.3 is 0 Å². The summed E-state index contributed by atoms with van der Waals surface area (Å²) in [6.07, 6.45) is 0.695. The normalized spacial score (nSPS) is 12.0. The summed E-state index contributed by atoms with van der Waals surface area (Å²) in [7, 11) is 1.62. The maximum Gasteiger partial charge on any atom is 0.237 e. The SMILES string of the molecule is COCCCn1c(SC(C)C(=O)Nc2c(F)cccc2F)nnc1-c1ccccc1Cl. The number of hydrogen-bond donors (Lipinski definition) is 1. The van der Waals surface area contributed by atoms with Gasteiger partial charge in [-0.3, -0.25) is 4.79 Å². The van der Waals surface area contributed by atoms with Gasteiger partial charge in [-0.2, -0.15) is 0 Å². The molecule has 0 spiro atoms. The Bertz CT molecular complexity index is 1040. The van der Waals surface area contributed by atoms with E-state index in [4.69, 9.17) is 16.3 Å². The minimum atomic E-state index is -0.839. The summed E-state index contributed by atoms with van der Waals surface area (Å²) in [5, 5.41) is 11.1. The zero-order chi connectivity index (χ0) is 22.4. The molecule has 3 aromatic rings. The molecule has 0 aliphatic heterocycles. The molecule has 1 aromatic heterocycles. The lowest BCUT2D eigenvalue weighted by molar-refractivity contribution is -0.115. The van der Waals surface area contributed by atoms with Crippen molar-refractivity contribution in [1.29, 1.82) is 0 Å². The van der Waals surface area contributed by atoms with Gasteiger partial charge < -0.3 is 14.6 Å². The molecule has 164 valence electrons. The number of thioether (sulfide) groups is 1. The van der Waals surface area contributed by atoms with Crippen LogP contribution in [0.4, 0.5) is 14.5 Å². The van der Waals surface area contributed by atoms with Crippen LogP contribution in [0.1, 0.15) is 13.3 Å². The van der Waals surface area contributed by atoms with Gasteiger partial charge in [-0.1, -0.05) is 41.6 Å². The number of ether oxygens (including phenoxy) is 1. The second kappa shape index (κ2) is 10.7. The van der Waals surface area contributed by atoms with E-state index in [1.807, 2.05) is 22.8 Å². The lowest BCUT2D eigenvalue weighted by Crippen LogP contribution is -2.24. The highest BCUT2D eigenvalue weighted by Crippen LogP contribution is 2.31. The van der Waals surface area contributed by atoms with Crippen LogP contribution in [0.5, 0.6) is 0 Å². The lowest BCUT2D eigenvalue weighted by Gasteiger charge is -2.14. The molecule has 0 fully saturated rings. The third kappa shape index (κ3) is 5.61. The Labute approximate surface area is 188 Å². The molecule has 1 heterocycles. The van der Waals surface area contributed by atoms with E-state index in [0.717, 1.165) is 23.9 Å². The number of para-hydroxylation sites is 1. The first-order valence-corrected chi connectivity index (χ1v) is 10.8. The lowest BCUT2D eigenvalue weighted by atomic mass is 10.2. The smallest absolute Gasteiger partial charge is 0.237 e. The molecule has 1 unspecified atom stereocenters. The number of aromatic nitrogens is 3. The number of rotatable bonds is 9. The van der Waals surface area contributed by atoms with Gasteiger partial charge in [-0.15, -0.1) is 10.2 Å². The highest BCUT2D eigenvalue weighted by molar-refractivity contribution is 8.00. The fourth-order valence-electron chi connectivity index (χ4n) is 2.84. The van der Waals surface area contributed by atoms with E-state index in [1.54, 1.807) is 20.1 Å². The maximum absolute atomic E-state index is 13.9. The van der Waals surface area contributed by atoms with Gasteiger partial charge in [0, 0.05) is 25.8 Å². The molecule has 1 atom stereocenters. The van der Waals surface area contributed by atoms with Crippen LogP contribution in [0.3, 0.4) is 0 Å². The van der Waals surface area contributed by atoms with Crippen LogP contribution < -0.4 is 5.32 Å². The Balaban J connectivity index is 1.83. The molecular weight excluding hydrogens is 446 g/mol. The summed E-state index contributed by atoms with van der Waals surface area (Å²) in [4.78, 5) is 12.6. The Morgan fingerprint density at radius 3 is 2.58 bits per heavy atom. The zero-order valence-corrected chi connectivity index (χ0v) is 18.5. The largest absolute Gasteiger partial charge is 0.385 e. The van der Waals surface area contributed by atoms with Crippen LogP contribution >= 0.6 is 23.4 Å². The molecule has 0 radical (unpaired) electrons. The molecule has 0 saturated carbocycles. The number of nitrogens with zero attached hydrogens (tertiary/aromatic N) is 3. The van der Waals surface area contributed by atoms with Crippen molar-refractivity contribution in [2.45, 2.75) is 30.3 Å². The minimum absolute atomic E-state index is 0.474. The van der Waals surface area contributed by atoms with E-state index in [0.29, 0.717) is 41.1 Å². The number of nitrogens with one attached hydrogen (secondary N) is 1. The van der Waals surface area contributed by atoms with Crippen molar-refractivity contribution in [1.82, 2.24) is 14.8 Å². The molecule has 2 aromatic carbocycles. The molecule has 3 rings (SSSR count). The summed E-state index contributed by atoms with van der Waals surface area (Å²) in [6, 6.07) is 10.7. The average Bonchev–Trinajstić information content (AvgIpc) is 3.13. The van der Waals surface area contributed by atoms with Gasteiger partial charge in [-0.25, -0.2) is 8.78 Å². The average molecular weight is 467 g/mol. The van der Waals surface area contributed by atoms with Crippen molar-refractivity contribution in [3.63, 3.8) is 0 Å². The zero-order valence-electron chi connectivity index (χ0n) is 16.9. The Hall–Kier alpha value is -2.49. The summed E-state index contributed by atoms with van der Waals surface area (Å²) >= 11 is 7.47. The van der Waals surface area contributed by atoms with Crippen LogP contribution in [0.15, 0.2) is 47.6 Å². The van der Waals surface area contributed by atoms with E-state index in [9.17, 15) is 13.6 Å². The summed E-state index contributed by atoms with van der Waals surface area (Å²) < 4.78 is 34.7. The monoisotopic (exact) mass is 466 g/mol. The van der Waals surface area contributed by atoms with Gasteiger partial charge in [0.2, 0.25) is 5.91 Å². The highest BCUT2D eigenvalue weighted by atomic mass is 35.5. The van der Waals surface area contributed by atoms with Gasteiger partial charge in [-0.05, 0) is 37.6 Å². The molecule has 1 amide bonds. The number of carbonyl (C=O) groups is 1. The van der Waals surface area contributed by atoms with Crippen molar-refractivity contribution in [2.75, 3.05) is 19.0 Å². The number of benzene rings is 2. The molecule has 31 heavy (non-hydrogen) atoms. The third-order valence-corrected chi connectivity index (χ3v) is 5.83. The van der Waals surface area contributed by atoms with Crippen molar-refractivity contribution < 1.29 is 18.3 Å². The van der Waals surface area contributed by atoms with E-state index in [2.05, 4.69) is 15.5 Å². The van der Waals surface area contributed by atoms with E-state index in [-0.39, 0.29) is 0 Å². The molecule has 0 saturated heterocycles. The van der Waals surface area contributed by atoms with Crippen LogP contribution in [-0.4, -0.2) is 39.6 Å². The molecule has 1 N–H and O–H groups in total.